The van der Waals surface area contributed by atoms with Crippen LogP contribution >= 0.6 is 0 Å². The van der Waals surface area contributed by atoms with Crippen molar-refractivity contribution in [2.75, 3.05) is 26.4 Å². The normalized spacial score (nSPS) is 52.6. The van der Waals surface area contributed by atoms with Crippen LogP contribution in [0.3, 0.4) is 0 Å². The first-order valence-corrected chi connectivity index (χ1v) is 27.9. The third-order valence-corrected chi connectivity index (χ3v) is 21.6. The molecule has 24 heteroatoms. The van der Waals surface area contributed by atoms with Gasteiger partial charge < -0.3 is 109 Å². The van der Waals surface area contributed by atoms with Gasteiger partial charge in [0.2, 0.25) is 0 Å². The molecule has 0 radical (unpaired) electrons. The molecule has 452 valence electrons. The van der Waals surface area contributed by atoms with E-state index in [0.29, 0.717) is 37.7 Å². The Morgan fingerprint density at radius 1 is 0.615 bits per heavy atom. The van der Waals surface area contributed by atoms with Gasteiger partial charge in [-0.2, -0.15) is 0 Å². The lowest BCUT2D eigenvalue weighted by atomic mass is 9.34. The van der Waals surface area contributed by atoms with E-state index in [1.54, 1.807) is 6.92 Å². The number of aliphatic hydroxyl groups excluding tert-OH is 14. The van der Waals surface area contributed by atoms with Crippen LogP contribution in [0, 0.1) is 44.8 Å². The zero-order chi connectivity index (χ0) is 57.6. The average Bonchev–Trinajstić information content (AvgIpc) is 3.39. The summed E-state index contributed by atoms with van der Waals surface area (Å²) in [5.41, 5.74) is -3.54. The molecule has 0 aromatic heterocycles. The van der Waals surface area contributed by atoms with Gasteiger partial charge in [-0.05, 0) is 117 Å². The monoisotopic (exact) mass is 1120 g/mol. The third kappa shape index (κ3) is 10.5. The molecule has 8 rings (SSSR count). The predicted molar refractivity (Wildman–Crippen MR) is 268 cm³/mol. The van der Waals surface area contributed by atoms with E-state index in [0.717, 1.165) is 12.8 Å². The highest BCUT2D eigenvalue weighted by atomic mass is 17.1. The number of rotatable bonds is 17. The highest BCUT2D eigenvalue weighted by Gasteiger charge is 2.75. The van der Waals surface area contributed by atoms with Gasteiger partial charge in [0, 0.05) is 5.41 Å². The van der Waals surface area contributed by atoms with E-state index in [9.17, 15) is 76.7 Å². The molecule has 0 spiro atoms. The minimum atomic E-state index is -1.83. The fraction of sp³-hybridized carbons (Fsp3) is 0.963. The van der Waals surface area contributed by atoms with Crippen molar-refractivity contribution in [3.05, 3.63) is 12.2 Å². The second-order valence-electron chi connectivity index (χ2n) is 26.1. The smallest absolute Gasteiger partial charge is 0.187 e. The lowest BCUT2D eigenvalue weighted by Gasteiger charge is -2.71. The summed E-state index contributed by atoms with van der Waals surface area (Å²) in [7, 11) is 0. The number of hydrogen-bond acceptors (Lipinski definition) is 24. The van der Waals surface area contributed by atoms with Crippen LogP contribution in [0.2, 0.25) is 0 Å². The molecule has 0 amide bonds. The second kappa shape index (κ2) is 23.3. The van der Waals surface area contributed by atoms with Gasteiger partial charge >= 0.3 is 0 Å². The van der Waals surface area contributed by atoms with Crippen molar-refractivity contribution in [3.8, 4) is 0 Å². The number of hydrogen-bond donors (Lipinski definition) is 15. The molecule has 8 fully saturated rings. The first-order valence-electron chi connectivity index (χ1n) is 27.9. The van der Waals surface area contributed by atoms with Crippen LogP contribution < -0.4 is 0 Å². The summed E-state index contributed by atoms with van der Waals surface area (Å²) in [5.74, 6) is -0.444. The summed E-state index contributed by atoms with van der Waals surface area (Å²) in [6.07, 6.45) is -27.8. The minimum absolute atomic E-state index is 0.001000. The van der Waals surface area contributed by atoms with Crippen LogP contribution in [-0.2, 0) is 42.8 Å². The molecule has 30 unspecified atom stereocenters. The van der Waals surface area contributed by atoms with Crippen molar-refractivity contribution in [1.82, 2.24) is 0 Å². The molecule has 4 saturated carbocycles. The fourth-order valence-electron chi connectivity index (χ4n) is 16.6. The van der Waals surface area contributed by atoms with Gasteiger partial charge in [0.15, 0.2) is 25.2 Å². The van der Waals surface area contributed by atoms with E-state index in [-0.39, 0.29) is 42.1 Å². The van der Waals surface area contributed by atoms with Gasteiger partial charge in [0.25, 0.3) is 0 Å². The summed E-state index contributed by atoms with van der Waals surface area (Å²) >= 11 is 0. The van der Waals surface area contributed by atoms with Gasteiger partial charge in [0.1, 0.15) is 97.7 Å². The molecule has 4 saturated heterocycles. The molecule has 4 aliphatic heterocycles. The Balaban J connectivity index is 1.04. The van der Waals surface area contributed by atoms with Crippen LogP contribution in [0.25, 0.3) is 0 Å². The van der Waals surface area contributed by atoms with Gasteiger partial charge in [-0.25, -0.2) is 4.89 Å². The van der Waals surface area contributed by atoms with E-state index in [1.807, 2.05) is 6.92 Å². The Hall–Kier alpha value is -1.22. The molecule has 0 bridgehead atoms. The first kappa shape index (κ1) is 62.8. The average molecular weight is 1130 g/mol. The summed E-state index contributed by atoms with van der Waals surface area (Å²) in [4.78, 5) is 4.88. The molecule has 4 heterocycles. The molecule has 78 heavy (non-hydrogen) atoms. The zero-order valence-electron chi connectivity index (χ0n) is 46.2. The molecule has 0 aromatic carbocycles. The largest absolute Gasteiger partial charge is 0.394 e. The van der Waals surface area contributed by atoms with E-state index < -0.39 is 183 Å². The Labute approximate surface area is 455 Å². The predicted octanol–water partition coefficient (Wildman–Crippen LogP) is -1.71. The van der Waals surface area contributed by atoms with Crippen molar-refractivity contribution >= 4 is 0 Å². The van der Waals surface area contributed by atoms with Gasteiger partial charge in [-0.3, -0.25) is 5.26 Å². The molecule has 30 atom stereocenters. The Kier molecular flexibility index (Phi) is 18.8. The zero-order valence-corrected chi connectivity index (χ0v) is 46.2. The van der Waals surface area contributed by atoms with Crippen molar-refractivity contribution < 1.29 is 120 Å². The maximum atomic E-state index is 13.0. The molecule has 4 aliphatic carbocycles. The van der Waals surface area contributed by atoms with Gasteiger partial charge in [0.05, 0.1) is 44.2 Å². The third-order valence-electron chi connectivity index (χ3n) is 21.6. The topological polar surface area (TPSA) is 387 Å². The number of fused-ring (bicyclic) bond motifs is 5. The number of ether oxygens (including phenoxy) is 8. The van der Waals surface area contributed by atoms with Gasteiger partial charge in [-0.15, -0.1) is 0 Å². The van der Waals surface area contributed by atoms with Crippen LogP contribution in [0.5, 0.6) is 0 Å². The van der Waals surface area contributed by atoms with E-state index in [2.05, 4.69) is 48.1 Å². The van der Waals surface area contributed by atoms with Crippen molar-refractivity contribution in [1.29, 1.82) is 0 Å². The van der Waals surface area contributed by atoms with Crippen LogP contribution in [0.15, 0.2) is 12.2 Å². The van der Waals surface area contributed by atoms with E-state index in [1.165, 1.54) is 0 Å². The number of aliphatic hydroxyl groups is 14. The second-order valence-corrected chi connectivity index (χ2v) is 26.1. The van der Waals surface area contributed by atoms with Crippen LogP contribution in [0.4, 0.5) is 0 Å². The highest BCUT2D eigenvalue weighted by Crippen LogP contribution is 2.78. The lowest BCUT2D eigenvalue weighted by molar-refractivity contribution is -0.378. The Morgan fingerprint density at radius 2 is 1.19 bits per heavy atom. The lowest BCUT2D eigenvalue weighted by Crippen LogP contribution is -2.69. The SMILES string of the molecule is C=C(C)C(CCC(C)(OC1OC(COC2OCC(O)C(O)C2O)C(O)C(O)C1O)C1(C)CCC2(C)C1C(O)CC1C3(C)CCC(OC4OC(CO)C(O)C(O)C4OC4OC(CO)C(O)C(O)C4O)C(C)(C)C3CCC12C)OO. The maximum Gasteiger partial charge on any atom is 0.187 e. The standard InChI is InChI=1S/C54H92O24/c1-23(2)26(78-69)10-15-54(9,77-47-42(68)38(64)36(62)29(74-47)22-71-45-40(66)33(59)25(58)21-70-45)53(8)17-16-52(7)44(53)24(57)18-31-50(5)13-12-32(49(3,4)30(50)11-14-51(31,52)6)75-48-43(39(65)35(61)28(20-56)73-48)76-46-41(67)37(63)34(60)27(19-55)72-46/h24-48,55-69H,1,10-22H2,2-9H3. The highest BCUT2D eigenvalue weighted by molar-refractivity contribution is 5.23. The van der Waals surface area contributed by atoms with E-state index in [4.69, 9.17) is 42.8 Å². The van der Waals surface area contributed by atoms with Crippen molar-refractivity contribution in [3.63, 3.8) is 0 Å². The molecular weight excluding hydrogens is 1030 g/mol. The molecular formula is C54H92O24. The summed E-state index contributed by atoms with van der Waals surface area (Å²) in [6.45, 7) is 18.5. The van der Waals surface area contributed by atoms with E-state index >= 15 is 0 Å². The molecule has 0 aromatic rings. The summed E-state index contributed by atoms with van der Waals surface area (Å²) in [6, 6.07) is 0. The Bertz CT molecular complexity index is 2040. The van der Waals surface area contributed by atoms with Gasteiger partial charge in [-0.1, -0.05) is 48.1 Å². The fourth-order valence-corrected chi connectivity index (χ4v) is 16.6. The summed E-state index contributed by atoms with van der Waals surface area (Å²) < 4.78 is 48.9. The molecule has 8 aliphatic rings. The minimum Gasteiger partial charge on any atom is -0.394 e. The molecule has 24 nitrogen and oxygen atoms in total. The first-order chi connectivity index (χ1) is 36.4. The van der Waals surface area contributed by atoms with Crippen molar-refractivity contribution in [2.45, 2.75) is 254 Å². The molecule has 15 N–H and O–H groups in total. The quantitative estimate of drug-likeness (QED) is 0.0334. The summed E-state index contributed by atoms with van der Waals surface area (Å²) in [5, 5.41) is 162. The van der Waals surface area contributed by atoms with Crippen LogP contribution in [0.1, 0.15) is 113 Å². The Morgan fingerprint density at radius 3 is 1.81 bits per heavy atom. The van der Waals surface area contributed by atoms with Crippen molar-refractivity contribution in [2.24, 2.45) is 44.8 Å². The van der Waals surface area contributed by atoms with Crippen LogP contribution in [-0.4, -0.2) is 244 Å². The maximum absolute atomic E-state index is 13.0.